The fourth-order valence-electron chi connectivity index (χ4n) is 2.14. The Labute approximate surface area is 123 Å². The third-order valence-corrected chi connectivity index (χ3v) is 3.42. The zero-order valence-electron chi connectivity index (χ0n) is 11.4. The zero-order valence-corrected chi connectivity index (χ0v) is 13.0. The fraction of sp³-hybridized carbons (Fsp3) is 0.917. The van der Waals surface area contributed by atoms with Crippen molar-refractivity contribution in [3.05, 3.63) is 0 Å². The number of halogens is 2. The Morgan fingerprint density at radius 1 is 1.39 bits per heavy atom. The van der Waals surface area contributed by atoms with Gasteiger partial charge in [-0.3, -0.25) is 4.79 Å². The second kappa shape index (κ2) is 10.9. The number of nitrogens with one attached hydrogen (secondary N) is 1. The first kappa shape index (κ1) is 20.3. The summed E-state index contributed by atoms with van der Waals surface area (Å²) in [5.41, 5.74) is 5.87. The molecule has 1 saturated carbocycles. The molecule has 1 fully saturated rings. The standard InChI is InChI=1S/C12H25N3O.2ClH/c1-3-15(2)8-7-14-12(16)10-5-4-6-11(13)9-10;;/h10-11H,3-9,13H2,1-2H3,(H,14,16);2*1H. The number of likely N-dealkylation sites (N-methyl/N-ethyl adjacent to an activating group) is 1. The molecule has 18 heavy (non-hydrogen) atoms. The Morgan fingerprint density at radius 3 is 2.61 bits per heavy atom. The lowest BCUT2D eigenvalue weighted by Crippen LogP contribution is -2.40. The summed E-state index contributed by atoms with van der Waals surface area (Å²) < 4.78 is 0. The van der Waals surface area contributed by atoms with Gasteiger partial charge in [-0.15, -0.1) is 24.8 Å². The molecule has 0 spiro atoms. The van der Waals surface area contributed by atoms with E-state index >= 15 is 0 Å². The van der Waals surface area contributed by atoms with Crippen LogP contribution in [0.1, 0.15) is 32.6 Å². The van der Waals surface area contributed by atoms with E-state index < -0.39 is 0 Å². The molecular formula is C12H27Cl2N3O. The van der Waals surface area contributed by atoms with Crippen LogP contribution in [0, 0.1) is 5.92 Å². The van der Waals surface area contributed by atoms with E-state index in [1.54, 1.807) is 0 Å². The Kier molecular flexibility index (Phi) is 12.2. The summed E-state index contributed by atoms with van der Waals surface area (Å²) in [5.74, 6) is 0.343. The molecule has 0 aliphatic heterocycles. The number of hydrogen-bond donors (Lipinski definition) is 2. The highest BCUT2D eigenvalue weighted by molar-refractivity contribution is 5.85. The molecule has 4 nitrogen and oxygen atoms in total. The van der Waals surface area contributed by atoms with Crippen LogP contribution < -0.4 is 11.1 Å². The average Bonchev–Trinajstić information content (AvgIpc) is 2.28. The van der Waals surface area contributed by atoms with Crippen molar-refractivity contribution in [1.82, 2.24) is 10.2 Å². The molecule has 1 aliphatic rings. The summed E-state index contributed by atoms with van der Waals surface area (Å²) in [6, 6.07) is 0.225. The number of carbonyl (C=O) groups is 1. The van der Waals surface area contributed by atoms with Gasteiger partial charge in [0.15, 0.2) is 0 Å². The van der Waals surface area contributed by atoms with Crippen LogP contribution in [-0.4, -0.2) is 43.5 Å². The molecule has 1 amide bonds. The van der Waals surface area contributed by atoms with Gasteiger partial charge in [-0.25, -0.2) is 0 Å². The molecule has 0 radical (unpaired) electrons. The second-order valence-corrected chi connectivity index (χ2v) is 4.81. The van der Waals surface area contributed by atoms with E-state index in [0.717, 1.165) is 45.3 Å². The van der Waals surface area contributed by atoms with Crippen molar-refractivity contribution in [3.8, 4) is 0 Å². The van der Waals surface area contributed by atoms with Gasteiger partial charge < -0.3 is 16.0 Å². The smallest absolute Gasteiger partial charge is 0.223 e. The summed E-state index contributed by atoms with van der Waals surface area (Å²) in [4.78, 5) is 14.0. The highest BCUT2D eigenvalue weighted by Crippen LogP contribution is 2.22. The maximum absolute atomic E-state index is 11.8. The maximum atomic E-state index is 11.8. The first-order valence-electron chi connectivity index (χ1n) is 6.35. The molecule has 1 rings (SSSR count). The molecule has 3 N–H and O–H groups in total. The van der Waals surface area contributed by atoms with Gasteiger partial charge in [0, 0.05) is 25.0 Å². The molecule has 6 heteroatoms. The van der Waals surface area contributed by atoms with Crippen LogP contribution in [0.2, 0.25) is 0 Å². The summed E-state index contributed by atoms with van der Waals surface area (Å²) in [6.45, 7) is 4.79. The normalized spacial score (nSPS) is 22.9. The lowest BCUT2D eigenvalue weighted by molar-refractivity contribution is -0.126. The minimum Gasteiger partial charge on any atom is -0.355 e. The molecule has 0 bridgehead atoms. The average molecular weight is 300 g/mol. The molecule has 0 aromatic heterocycles. The molecule has 0 aromatic rings. The molecule has 2 unspecified atom stereocenters. The quantitative estimate of drug-likeness (QED) is 0.807. The van der Waals surface area contributed by atoms with Gasteiger partial charge in [-0.05, 0) is 32.9 Å². The van der Waals surface area contributed by atoms with Crippen LogP contribution in [0.25, 0.3) is 0 Å². The Bertz CT molecular complexity index is 229. The molecular weight excluding hydrogens is 273 g/mol. The van der Waals surface area contributed by atoms with Gasteiger partial charge in [-0.2, -0.15) is 0 Å². The van der Waals surface area contributed by atoms with E-state index in [0.29, 0.717) is 0 Å². The molecule has 1 aliphatic carbocycles. The molecule has 0 heterocycles. The predicted molar refractivity (Wildman–Crippen MR) is 80.6 cm³/mol. The van der Waals surface area contributed by atoms with Crippen molar-refractivity contribution in [1.29, 1.82) is 0 Å². The van der Waals surface area contributed by atoms with Crippen LogP contribution >= 0.6 is 24.8 Å². The third kappa shape index (κ3) is 7.41. The SMILES string of the molecule is CCN(C)CCNC(=O)C1CCCC(N)C1.Cl.Cl. The van der Waals surface area contributed by atoms with E-state index in [9.17, 15) is 4.79 Å². The van der Waals surface area contributed by atoms with E-state index in [1.165, 1.54) is 0 Å². The largest absolute Gasteiger partial charge is 0.355 e. The molecule has 0 aromatic carbocycles. The fourth-order valence-corrected chi connectivity index (χ4v) is 2.14. The molecule has 2 atom stereocenters. The lowest BCUT2D eigenvalue weighted by atomic mass is 9.85. The molecule has 110 valence electrons. The number of nitrogens with zero attached hydrogens (tertiary/aromatic N) is 1. The van der Waals surface area contributed by atoms with Crippen molar-refractivity contribution < 1.29 is 4.79 Å². The third-order valence-electron chi connectivity index (χ3n) is 3.42. The van der Waals surface area contributed by atoms with Gasteiger partial charge in [0.25, 0.3) is 0 Å². The second-order valence-electron chi connectivity index (χ2n) is 4.81. The van der Waals surface area contributed by atoms with E-state index in [1.807, 2.05) is 0 Å². The van der Waals surface area contributed by atoms with Crippen LogP contribution in [-0.2, 0) is 4.79 Å². The van der Waals surface area contributed by atoms with Gasteiger partial charge in [0.2, 0.25) is 5.91 Å². The first-order valence-corrected chi connectivity index (χ1v) is 6.35. The number of amides is 1. The number of rotatable bonds is 5. The first-order chi connectivity index (χ1) is 7.63. The monoisotopic (exact) mass is 299 g/mol. The lowest BCUT2D eigenvalue weighted by Gasteiger charge is -2.26. The zero-order chi connectivity index (χ0) is 12.0. The Balaban J connectivity index is 0. The van der Waals surface area contributed by atoms with E-state index in [-0.39, 0.29) is 42.7 Å². The minimum absolute atomic E-state index is 0. The van der Waals surface area contributed by atoms with E-state index in [2.05, 4.69) is 24.2 Å². The minimum atomic E-state index is 0. The van der Waals surface area contributed by atoms with E-state index in [4.69, 9.17) is 5.73 Å². The summed E-state index contributed by atoms with van der Waals surface area (Å²) in [7, 11) is 2.06. The highest BCUT2D eigenvalue weighted by Gasteiger charge is 2.24. The summed E-state index contributed by atoms with van der Waals surface area (Å²) in [5, 5.41) is 3.00. The van der Waals surface area contributed by atoms with Gasteiger partial charge >= 0.3 is 0 Å². The topological polar surface area (TPSA) is 58.4 Å². The van der Waals surface area contributed by atoms with Crippen molar-refractivity contribution >= 4 is 30.7 Å². The van der Waals surface area contributed by atoms with Crippen LogP contribution in [0.5, 0.6) is 0 Å². The predicted octanol–water partition coefficient (Wildman–Crippen LogP) is 1.42. The van der Waals surface area contributed by atoms with Crippen LogP contribution in [0.15, 0.2) is 0 Å². The Hall–Kier alpha value is -0.0300. The number of nitrogens with two attached hydrogens (primary N) is 1. The van der Waals surface area contributed by atoms with Gasteiger partial charge in [-0.1, -0.05) is 13.3 Å². The van der Waals surface area contributed by atoms with Crippen molar-refractivity contribution in [2.45, 2.75) is 38.6 Å². The van der Waals surface area contributed by atoms with Crippen molar-refractivity contribution in [3.63, 3.8) is 0 Å². The van der Waals surface area contributed by atoms with Crippen molar-refractivity contribution in [2.75, 3.05) is 26.7 Å². The maximum Gasteiger partial charge on any atom is 0.223 e. The van der Waals surface area contributed by atoms with Gasteiger partial charge in [0.1, 0.15) is 0 Å². The number of carbonyl (C=O) groups excluding carboxylic acids is 1. The Morgan fingerprint density at radius 2 is 2.06 bits per heavy atom. The highest BCUT2D eigenvalue weighted by atomic mass is 35.5. The van der Waals surface area contributed by atoms with Crippen LogP contribution in [0.3, 0.4) is 0 Å². The summed E-state index contributed by atoms with van der Waals surface area (Å²) >= 11 is 0. The summed E-state index contributed by atoms with van der Waals surface area (Å²) in [6.07, 6.45) is 4.02. The van der Waals surface area contributed by atoms with Crippen LogP contribution in [0.4, 0.5) is 0 Å². The molecule has 0 saturated heterocycles. The van der Waals surface area contributed by atoms with Gasteiger partial charge in [0.05, 0.1) is 0 Å². The van der Waals surface area contributed by atoms with Crippen molar-refractivity contribution in [2.24, 2.45) is 11.7 Å². The number of hydrogen-bond acceptors (Lipinski definition) is 3.